The van der Waals surface area contributed by atoms with Crippen molar-refractivity contribution in [3.05, 3.63) is 63.6 Å². The van der Waals surface area contributed by atoms with Crippen LogP contribution in [-0.4, -0.2) is 35.9 Å². The minimum absolute atomic E-state index is 0.180. The molecule has 1 N–H and O–H groups in total. The fourth-order valence-corrected chi connectivity index (χ4v) is 3.50. The van der Waals surface area contributed by atoms with E-state index >= 15 is 0 Å². The number of hydrogen-bond acceptors (Lipinski definition) is 3. The second-order valence-corrected chi connectivity index (χ2v) is 7.54. The van der Waals surface area contributed by atoms with E-state index in [0.29, 0.717) is 35.3 Å². The summed E-state index contributed by atoms with van der Waals surface area (Å²) in [6.45, 7) is 6.30. The monoisotopic (exact) mass is 436 g/mol. The number of aryl methyl sites for hydroxylation is 1. The Hall–Kier alpha value is -2.24. The van der Waals surface area contributed by atoms with E-state index < -0.39 is 6.04 Å². The number of nitrogens with one attached hydrogen (secondary N) is 1. The first-order chi connectivity index (χ1) is 13.8. The Balaban J connectivity index is 2.22. The first kappa shape index (κ1) is 23.0. The highest BCUT2D eigenvalue weighted by molar-refractivity contribution is 6.35. The summed E-state index contributed by atoms with van der Waals surface area (Å²) in [5, 5.41) is 3.62. The van der Waals surface area contributed by atoms with Crippen molar-refractivity contribution in [1.82, 2.24) is 10.2 Å². The first-order valence-electron chi connectivity index (χ1n) is 9.56. The number of carbonyl (C=O) groups is 2. The lowest BCUT2D eigenvalue weighted by molar-refractivity contribution is -0.142. The molecule has 0 spiro atoms. The van der Waals surface area contributed by atoms with E-state index in [9.17, 15) is 9.59 Å². The van der Waals surface area contributed by atoms with Crippen molar-refractivity contribution >= 4 is 35.0 Å². The number of carbonyl (C=O) groups excluding carboxylic acids is 2. The van der Waals surface area contributed by atoms with Crippen LogP contribution in [0, 0.1) is 6.92 Å². The molecule has 2 amide bonds. The van der Waals surface area contributed by atoms with Crippen molar-refractivity contribution in [2.75, 3.05) is 13.2 Å². The van der Waals surface area contributed by atoms with Crippen molar-refractivity contribution in [3.63, 3.8) is 0 Å². The topological polar surface area (TPSA) is 58.6 Å². The lowest BCUT2D eigenvalue weighted by Crippen LogP contribution is -2.50. The number of amides is 2. The van der Waals surface area contributed by atoms with Crippen molar-refractivity contribution in [3.8, 4) is 5.75 Å². The third-order valence-corrected chi connectivity index (χ3v) is 4.95. The van der Waals surface area contributed by atoms with Crippen LogP contribution >= 0.6 is 23.2 Å². The predicted octanol–water partition coefficient (Wildman–Crippen LogP) is 4.62. The van der Waals surface area contributed by atoms with Gasteiger partial charge in [-0.3, -0.25) is 9.59 Å². The number of nitrogens with zero attached hydrogens (tertiary/aromatic N) is 1. The van der Waals surface area contributed by atoms with Crippen LogP contribution < -0.4 is 10.1 Å². The summed E-state index contributed by atoms with van der Waals surface area (Å²) in [5.74, 6) is -0.109. The van der Waals surface area contributed by atoms with Crippen LogP contribution in [0.1, 0.15) is 31.4 Å². The summed E-state index contributed by atoms with van der Waals surface area (Å²) in [5.41, 5.74) is 2.04. The molecule has 0 aromatic heterocycles. The third-order valence-electron chi connectivity index (χ3n) is 4.42. The van der Waals surface area contributed by atoms with Gasteiger partial charge < -0.3 is 15.0 Å². The minimum atomic E-state index is -0.591. The van der Waals surface area contributed by atoms with Crippen LogP contribution in [0.5, 0.6) is 5.75 Å². The highest BCUT2D eigenvalue weighted by Crippen LogP contribution is 2.27. The Morgan fingerprint density at radius 3 is 2.52 bits per heavy atom. The summed E-state index contributed by atoms with van der Waals surface area (Å²) >= 11 is 12.0. The summed E-state index contributed by atoms with van der Waals surface area (Å²) in [6.07, 6.45) is 0.491. The van der Waals surface area contributed by atoms with E-state index in [1.165, 1.54) is 0 Å². The van der Waals surface area contributed by atoms with E-state index in [1.807, 2.05) is 45.0 Å². The second-order valence-electron chi connectivity index (χ2n) is 6.69. The standard InChI is InChI=1S/C22H26Cl2N2O3/c1-4-19(22(28)25-5-2)26(13-16-8-6-7-15(3)11-16)21(27)14-29-20-10-9-17(23)12-18(20)24/h6-12,19H,4-5,13-14H2,1-3H3,(H,25,28). The van der Waals surface area contributed by atoms with E-state index in [2.05, 4.69) is 5.32 Å². The van der Waals surface area contributed by atoms with Gasteiger partial charge in [-0.25, -0.2) is 0 Å². The molecule has 1 unspecified atom stereocenters. The molecule has 0 saturated heterocycles. The molecule has 0 aliphatic rings. The van der Waals surface area contributed by atoms with Crippen molar-refractivity contribution in [1.29, 1.82) is 0 Å². The Morgan fingerprint density at radius 1 is 1.14 bits per heavy atom. The van der Waals surface area contributed by atoms with E-state index in [0.717, 1.165) is 11.1 Å². The lowest BCUT2D eigenvalue weighted by atomic mass is 10.1. The van der Waals surface area contributed by atoms with Gasteiger partial charge in [0.05, 0.1) is 5.02 Å². The van der Waals surface area contributed by atoms with Crippen molar-refractivity contribution < 1.29 is 14.3 Å². The molecule has 0 heterocycles. The van der Waals surface area contributed by atoms with Crippen LogP contribution in [0.3, 0.4) is 0 Å². The Kier molecular flexibility index (Phi) is 8.80. The van der Waals surface area contributed by atoms with Gasteiger partial charge in [-0.15, -0.1) is 0 Å². The maximum absolute atomic E-state index is 13.0. The van der Waals surface area contributed by atoms with Gasteiger partial charge in [0.2, 0.25) is 5.91 Å². The molecular formula is C22H26Cl2N2O3. The fourth-order valence-electron chi connectivity index (χ4n) is 3.03. The van der Waals surface area contributed by atoms with Gasteiger partial charge in [-0.2, -0.15) is 0 Å². The van der Waals surface area contributed by atoms with Gasteiger partial charge in [0.1, 0.15) is 11.8 Å². The SMILES string of the molecule is CCNC(=O)C(CC)N(Cc1cccc(C)c1)C(=O)COc1ccc(Cl)cc1Cl. The molecule has 5 nitrogen and oxygen atoms in total. The zero-order valence-electron chi connectivity index (χ0n) is 16.9. The summed E-state index contributed by atoms with van der Waals surface area (Å²) in [7, 11) is 0. The number of halogens is 2. The number of ether oxygens (including phenoxy) is 1. The highest BCUT2D eigenvalue weighted by atomic mass is 35.5. The molecule has 7 heteroatoms. The van der Waals surface area contributed by atoms with Crippen LogP contribution in [0.25, 0.3) is 0 Å². The molecule has 29 heavy (non-hydrogen) atoms. The van der Waals surface area contributed by atoms with Gasteiger partial charge in [0.15, 0.2) is 6.61 Å². The molecule has 1 atom stereocenters. The van der Waals surface area contributed by atoms with Gasteiger partial charge in [0.25, 0.3) is 5.91 Å². The maximum Gasteiger partial charge on any atom is 0.261 e. The van der Waals surface area contributed by atoms with Crippen LogP contribution in [0.4, 0.5) is 0 Å². The Labute approximate surface area is 181 Å². The van der Waals surface area contributed by atoms with Crippen LogP contribution in [-0.2, 0) is 16.1 Å². The minimum Gasteiger partial charge on any atom is -0.482 e. The largest absolute Gasteiger partial charge is 0.482 e. The summed E-state index contributed by atoms with van der Waals surface area (Å²) in [6, 6.07) is 12.1. The molecule has 0 radical (unpaired) electrons. The van der Waals surface area contributed by atoms with Crippen LogP contribution in [0.15, 0.2) is 42.5 Å². The number of benzene rings is 2. The molecule has 2 aromatic rings. The number of likely N-dealkylation sites (N-methyl/N-ethyl adjacent to an activating group) is 1. The molecule has 0 aliphatic carbocycles. The quantitative estimate of drug-likeness (QED) is 0.623. The molecule has 0 bridgehead atoms. The zero-order valence-corrected chi connectivity index (χ0v) is 18.4. The second kappa shape index (κ2) is 11.1. The predicted molar refractivity (Wildman–Crippen MR) is 116 cm³/mol. The van der Waals surface area contributed by atoms with Gasteiger partial charge in [-0.05, 0) is 44.0 Å². The zero-order chi connectivity index (χ0) is 21.4. The Morgan fingerprint density at radius 2 is 1.90 bits per heavy atom. The molecule has 0 fully saturated rings. The molecule has 0 aliphatic heterocycles. The number of hydrogen-bond donors (Lipinski definition) is 1. The average Bonchev–Trinajstić information content (AvgIpc) is 2.67. The maximum atomic E-state index is 13.0. The smallest absolute Gasteiger partial charge is 0.261 e. The average molecular weight is 437 g/mol. The van der Waals surface area contributed by atoms with Crippen LogP contribution in [0.2, 0.25) is 10.0 Å². The van der Waals surface area contributed by atoms with Gasteiger partial charge >= 0.3 is 0 Å². The van der Waals surface area contributed by atoms with Gasteiger partial charge in [0, 0.05) is 18.1 Å². The number of rotatable bonds is 9. The van der Waals surface area contributed by atoms with E-state index in [-0.39, 0.29) is 18.4 Å². The molecule has 156 valence electrons. The van der Waals surface area contributed by atoms with Crippen molar-refractivity contribution in [2.24, 2.45) is 0 Å². The summed E-state index contributed by atoms with van der Waals surface area (Å²) < 4.78 is 5.62. The fraction of sp³-hybridized carbons (Fsp3) is 0.364. The first-order valence-corrected chi connectivity index (χ1v) is 10.3. The van der Waals surface area contributed by atoms with Crippen molar-refractivity contribution in [2.45, 2.75) is 39.8 Å². The normalized spacial score (nSPS) is 11.6. The molecule has 2 aromatic carbocycles. The lowest BCUT2D eigenvalue weighted by Gasteiger charge is -2.30. The van der Waals surface area contributed by atoms with E-state index in [4.69, 9.17) is 27.9 Å². The Bertz CT molecular complexity index is 858. The molecule has 0 saturated carbocycles. The molecule has 2 rings (SSSR count). The summed E-state index contributed by atoms with van der Waals surface area (Å²) in [4.78, 5) is 27.2. The molecular weight excluding hydrogens is 411 g/mol. The van der Waals surface area contributed by atoms with E-state index in [1.54, 1.807) is 23.1 Å². The third kappa shape index (κ3) is 6.65. The van der Waals surface area contributed by atoms with Gasteiger partial charge in [-0.1, -0.05) is 60.0 Å². The highest BCUT2D eigenvalue weighted by Gasteiger charge is 2.28.